The predicted molar refractivity (Wildman–Crippen MR) is 109 cm³/mol. The van der Waals surface area contributed by atoms with Crippen molar-refractivity contribution >= 4 is 0 Å². The lowest BCUT2D eigenvalue weighted by Crippen LogP contribution is -2.36. The summed E-state index contributed by atoms with van der Waals surface area (Å²) in [5, 5.41) is 13.7. The molecular weight excluding hydrogens is 350 g/mol. The maximum absolute atomic E-state index is 12.4. The third kappa shape index (κ3) is 4.36. The first kappa shape index (κ1) is 18.9. The molecule has 2 aliphatic rings. The third-order valence-corrected chi connectivity index (χ3v) is 6.33. The van der Waals surface area contributed by atoms with Crippen molar-refractivity contribution in [2.75, 3.05) is 19.6 Å². The van der Waals surface area contributed by atoms with Gasteiger partial charge in [-0.2, -0.15) is 9.94 Å². The molecule has 148 valence electrons. The summed E-state index contributed by atoms with van der Waals surface area (Å²) < 4.78 is 1.39. The van der Waals surface area contributed by atoms with Gasteiger partial charge in [0.05, 0.1) is 17.3 Å². The average molecular weight is 380 g/mol. The first-order chi connectivity index (χ1) is 13.7. The zero-order valence-corrected chi connectivity index (χ0v) is 16.4. The van der Waals surface area contributed by atoms with Crippen LogP contribution >= 0.6 is 0 Å². The number of hydrogen-bond donors (Lipinski definition) is 1. The number of H-pyrrole nitrogens is 1. The fraction of sp³-hybridized carbons (Fsp3) is 0.591. The molecule has 1 atom stereocenters. The van der Waals surface area contributed by atoms with E-state index in [1.54, 1.807) is 18.2 Å². The van der Waals surface area contributed by atoms with Gasteiger partial charge in [0, 0.05) is 12.5 Å². The van der Waals surface area contributed by atoms with Gasteiger partial charge in [-0.25, -0.2) is 4.79 Å². The van der Waals surface area contributed by atoms with E-state index in [0.29, 0.717) is 11.3 Å². The SMILES string of the molecule is N#Cc1cccc(-n2nc([C@H]3CCCN(CCC4CCCCC4)C3)[nH]c2=O)c1. The molecule has 4 rings (SSSR count). The van der Waals surface area contributed by atoms with Crippen molar-refractivity contribution in [3.8, 4) is 11.8 Å². The lowest BCUT2D eigenvalue weighted by atomic mass is 9.86. The topological polar surface area (TPSA) is 77.7 Å². The maximum atomic E-state index is 12.4. The predicted octanol–water partition coefficient (Wildman–Crippen LogP) is 3.58. The van der Waals surface area contributed by atoms with Crippen LogP contribution in [0.5, 0.6) is 0 Å². The number of aromatic amines is 1. The number of likely N-dealkylation sites (tertiary alicyclic amines) is 1. The Bertz CT molecular complexity index is 887. The van der Waals surface area contributed by atoms with Crippen molar-refractivity contribution < 1.29 is 0 Å². The summed E-state index contributed by atoms with van der Waals surface area (Å²) in [6, 6.07) is 9.13. The Balaban J connectivity index is 1.42. The Morgan fingerprint density at radius 3 is 2.86 bits per heavy atom. The normalized spacial score (nSPS) is 21.5. The fourth-order valence-corrected chi connectivity index (χ4v) is 4.73. The van der Waals surface area contributed by atoms with E-state index in [1.807, 2.05) is 6.07 Å². The summed E-state index contributed by atoms with van der Waals surface area (Å²) in [6.45, 7) is 3.28. The number of rotatable bonds is 5. The van der Waals surface area contributed by atoms with Gasteiger partial charge in [-0.3, -0.25) is 4.98 Å². The summed E-state index contributed by atoms with van der Waals surface area (Å²) in [5.74, 6) is 1.95. The van der Waals surface area contributed by atoms with Gasteiger partial charge in [0.2, 0.25) is 0 Å². The number of hydrogen-bond acceptors (Lipinski definition) is 4. The van der Waals surface area contributed by atoms with Gasteiger partial charge in [0.25, 0.3) is 0 Å². The Labute approximate surface area is 166 Å². The molecule has 1 aromatic carbocycles. The summed E-state index contributed by atoms with van der Waals surface area (Å²) in [6.07, 6.45) is 10.5. The summed E-state index contributed by atoms with van der Waals surface area (Å²) in [5.41, 5.74) is 0.932. The molecule has 2 fully saturated rings. The van der Waals surface area contributed by atoms with Crippen molar-refractivity contribution in [2.45, 2.75) is 57.3 Å². The smallest absolute Gasteiger partial charge is 0.303 e. The van der Waals surface area contributed by atoms with Crippen LogP contribution in [0.3, 0.4) is 0 Å². The summed E-state index contributed by atoms with van der Waals surface area (Å²) in [7, 11) is 0. The van der Waals surface area contributed by atoms with E-state index in [-0.39, 0.29) is 11.6 Å². The minimum atomic E-state index is -0.232. The minimum Gasteiger partial charge on any atom is -0.303 e. The first-order valence-electron chi connectivity index (χ1n) is 10.6. The Morgan fingerprint density at radius 2 is 2.04 bits per heavy atom. The van der Waals surface area contributed by atoms with Gasteiger partial charge in [-0.1, -0.05) is 38.2 Å². The monoisotopic (exact) mass is 379 g/mol. The molecule has 0 amide bonds. The third-order valence-electron chi connectivity index (χ3n) is 6.33. The average Bonchev–Trinajstić information content (AvgIpc) is 3.15. The van der Waals surface area contributed by atoms with Crippen LogP contribution in [0.2, 0.25) is 0 Å². The molecule has 0 unspecified atom stereocenters. The highest BCUT2D eigenvalue weighted by Crippen LogP contribution is 2.28. The number of benzene rings is 1. The molecule has 2 aromatic rings. The van der Waals surface area contributed by atoms with Crippen molar-refractivity contribution in [3.63, 3.8) is 0 Å². The van der Waals surface area contributed by atoms with Crippen molar-refractivity contribution in [2.24, 2.45) is 5.92 Å². The van der Waals surface area contributed by atoms with Crippen LogP contribution in [0.15, 0.2) is 29.1 Å². The van der Waals surface area contributed by atoms with Crippen LogP contribution in [0, 0.1) is 17.2 Å². The highest BCUT2D eigenvalue weighted by atomic mass is 16.1. The van der Waals surface area contributed by atoms with E-state index < -0.39 is 0 Å². The van der Waals surface area contributed by atoms with Crippen molar-refractivity contribution in [1.29, 1.82) is 5.26 Å². The van der Waals surface area contributed by atoms with E-state index in [0.717, 1.165) is 44.2 Å². The van der Waals surface area contributed by atoms with Gasteiger partial charge >= 0.3 is 5.69 Å². The zero-order valence-electron chi connectivity index (χ0n) is 16.4. The number of piperidine rings is 1. The molecule has 28 heavy (non-hydrogen) atoms. The lowest BCUT2D eigenvalue weighted by Gasteiger charge is -2.33. The minimum absolute atomic E-state index is 0.232. The van der Waals surface area contributed by atoms with Gasteiger partial charge < -0.3 is 4.90 Å². The maximum Gasteiger partial charge on any atom is 0.348 e. The highest BCUT2D eigenvalue weighted by Gasteiger charge is 2.25. The first-order valence-corrected chi connectivity index (χ1v) is 10.6. The van der Waals surface area contributed by atoms with Crippen LogP contribution in [0.1, 0.15) is 68.7 Å². The molecule has 1 saturated carbocycles. The quantitative estimate of drug-likeness (QED) is 0.861. The molecule has 1 N–H and O–H groups in total. The molecule has 0 spiro atoms. The number of nitrogens with zero attached hydrogens (tertiary/aromatic N) is 4. The zero-order chi connectivity index (χ0) is 19.3. The standard InChI is InChI=1S/C22H29N5O/c23-15-18-8-4-10-20(14-18)27-22(28)24-21(25-27)19-9-5-12-26(16-19)13-11-17-6-2-1-3-7-17/h4,8,10,14,17,19H,1-3,5-7,9,11-13,16H2,(H,24,25,28)/t19-/m0/s1. The molecule has 2 heterocycles. The van der Waals surface area contributed by atoms with Gasteiger partial charge in [-0.05, 0) is 56.5 Å². The largest absolute Gasteiger partial charge is 0.348 e. The Kier molecular flexibility index (Phi) is 5.92. The molecule has 1 aliphatic heterocycles. The van der Waals surface area contributed by atoms with Crippen molar-refractivity contribution in [3.05, 3.63) is 46.1 Å². The molecule has 0 radical (unpaired) electrons. The van der Waals surface area contributed by atoms with E-state index in [4.69, 9.17) is 5.26 Å². The Hall–Kier alpha value is -2.39. The molecule has 6 heteroatoms. The van der Waals surface area contributed by atoms with E-state index in [2.05, 4.69) is 21.1 Å². The molecule has 6 nitrogen and oxygen atoms in total. The van der Waals surface area contributed by atoms with Crippen LogP contribution in [-0.2, 0) is 0 Å². The fourth-order valence-electron chi connectivity index (χ4n) is 4.73. The van der Waals surface area contributed by atoms with Crippen LogP contribution in [-0.4, -0.2) is 39.3 Å². The molecule has 0 bridgehead atoms. The second-order valence-corrected chi connectivity index (χ2v) is 8.32. The van der Waals surface area contributed by atoms with Gasteiger partial charge in [0.1, 0.15) is 5.82 Å². The molecule has 1 aliphatic carbocycles. The van der Waals surface area contributed by atoms with Crippen LogP contribution in [0.4, 0.5) is 0 Å². The van der Waals surface area contributed by atoms with E-state index >= 15 is 0 Å². The van der Waals surface area contributed by atoms with Gasteiger partial charge in [-0.15, -0.1) is 5.10 Å². The van der Waals surface area contributed by atoms with Crippen LogP contribution < -0.4 is 5.69 Å². The number of nitrogens with one attached hydrogen (secondary N) is 1. The van der Waals surface area contributed by atoms with Gasteiger partial charge in [0.15, 0.2) is 0 Å². The Morgan fingerprint density at radius 1 is 1.18 bits per heavy atom. The highest BCUT2D eigenvalue weighted by molar-refractivity contribution is 5.40. The second kappa shape index (κ2) is 8.74. The molecule has 1 saturated heterocycles. The molecule has 1 aromatic heterocycles. The molecular formula is C22H29N5O. The second-order valence-electron chi connectivity index (χ2n) is 8.32. The lowest BCUT2D eigenvalue weighted by molar-refractivity contribution is 0.182. The number of aromatic nitrogens is 3. The summed E-state index contributed by atoms with van der Waals surface area (Å²) >= 11 is 0. The van der Waals surface area contributed by atoms with E-state index in [9.17, 15) is 4.79 Å². The number of nitriles is 1. The van der Waals surface area contributed by atoms with Crippen molar-refractivity contribution in [1.82, 2.24) is 19.7 Å². The van der Waals surface area contributed by atoms with E-state index in [1.165, 1.54) is 43.2 Å². The summed E-state index contributed by atoms with van der Waals surface area (Å²) in [4.78, 5) is 18.0. The van der Waals surface area contributed by atoms with Crippen LogP contribution in [0.25, 0.3) is 5.69 Å².